The Morgan fingerprint density at radius 2 is 1.28 bits per heavy atom. The van der Waals surface area contributed by atoms with Crippen molar-refractivity contribution in [3.63, 3.8) is 0 Å². The van der Waals surface area contributed by atoms with E-state index in [0.717, 1.165) is 0 Å². The van der Waals surface area contributed by atoms with Crippen LogP contribution in [0.3, 0.4) is 0 Å². The highest BCUT2D eigenvalue weighted by Gasteiger charge is 2.30. The number of ether oxygens (including phenoxy) is 2. The molecule has 2 rings (SSSR count). The Morgan fingerprint density at radius 3 is 1.66 bits per heavy atom. The Morgan fingerprint density at radius 1 is 0.862 bits per heavy atom. The van der Waals surface area contributed by atoms with Crippen LogP contribution in [0, 0.1) is 0 Å². The fourth-order valence-electron chi connectivity index (χ4n) is 2.93. The maximum Gasteiger partial charge on any atom is 0.341 e. The van der Waals surface area contributed by atoms with Crippen LogP contribution in [-0.4, -0.2) is 40.1 Å². The molecule has 2 N–H and O–H groups in total. The Kier molecular flexibility index (Phi) is 8.36. The zero-order valence-electron chi connectivity index (χ0n) is 16.8. The molecule has 6 heteroatoms. The molecule has 2 aromatic carbocycles. The second-order valence-electron chi connectivity index (χ2n) is 7.00. The number of aliphatic hydroxyl groups is 2. The van der Waals surface area contributed by atoms with Crippen molar-refractivity contribution < 1.29 is 29.3 Å². The number of carbonyl (C=O) groups excluding carboxylic acids is 2. The van der Waals surface area contributed by atoms with Gasteiger partial charge in [0.05, 0.1) is 22.8 Å². The average Bonchev–Trinajstić information content (AvgIpc) is 2.74. The summed E-state index contributed by atoms with van der Waals surface area (Å²) in [5.74, 6) is -1.32. The second-order valence-corrected chi connectivity index (χ2v) is 7.00. The molecule has 0 spiro atoms. The van der Waals surface area contributed by atoms with Gasteiger partial charge in [-0.1, -0.05) is 50.2 Å². The monoisotopic (exact) mass is 400 g/mol. The number of aliphatic hydroxyl groups excluding tert-OH is 1. The van der Waals surface area contributed by atoms with Gasteiger partial charge >= 0.3 is 11.9 Å². The van der Waals surface area contributed by atoms with E-state index >= 15 is 0 Å². The van der Waals surface area contributed by atoms with Gasteiger partial charge in [-0.25, -0.2) is 9.59 Å². The third kappa shape index (κ3) is 7.00. The largest absolute Gasteiger partial charge is 0.421 e. The molecule has 1 unspecified atom stereocenters. The summed E-state index contributed by atoms with van der Waals surface area (Å²) in [6, 6.07) is 16.6. The molecule has 6 nitrogen and oxygen atoms in total. The van der Waals surface area contributed by atoms with Crippen LogP contribution in [0.15, 0.2) is 60.7 Å². The van der Waals surface area contributed by atoms with Gasteiger partial charge in [0, 0.05) is 12.8 Å². The van der Waals surface area contributed by atoms with Crippen molar-refractivity contribution >= 4 is 11.9 Å². The lowest BCUT2D eigenvalue weighted by atomic mass is 9.89. The molecule has 0 aliphatic rings. The first-order valence-corrected chi connectivity index (χ1v) is 9.79. The van der Waals surface area contributed by atoms with E-state index in [4.69, 9.17) is 9.47 Å². The Labute approximate surface area is 171 Å². The van der Waals surface area contributed by atoms with Gasteiger partial charge in [0.1, 0.15) is 0 Å². The smallest absolute Gasteiger partial charge is 0.341 e. The minimum Gasteiger partial charge on any atom is -0.421 e. The number of hydrogen-bond donors (Lipinski definition) is 2. The zero-order valence-corrected chi connectivity index (χ0v) is 16.8. The molecule has 2 aromatic rings. The first kappa shape index (κ1) is 22.6. The van der Waals surface area contributed by atoms with Crippen LogP contribution in [-0.2, 0) is 9.47 Å². The van der Waals surface area contributed by atoms with Gasteiger partial charge in [0.2, 0.25) is 0 Å². The summed E-state index contributed by atoms with van der Waals surface area (Å²) in [5, 5.41) is 20.9. The van der Waals surface area contributed by atoms with Crippen LogP contribution in [0.2, 0.25) is 0 Å². The van der Waals surface area contributed by atoms with E-state index in [1.54, 1.807) is 60.7 Å². The van der Waals surface area contributed by atoms with Crippen LogP contribution in [0.4, 0.5) is 0 Å². The summed E-state index contributed by atoms with van der Waals surface area (Å²) >= 11 is 0. The summed E-state index contributed by atoms with van der Waals surface area (Å²) in [4.78, 5) is 24.8. The molecule has 0 radical (unpaired) electrons. The van der Waals surface area contributed by atoms with E-state index in [1.807, 2.05) is 13.8 Å². The summed E-state index contributed by atoms with van der Waals surface area (Å²) in [7, 11) is 0. The molecule has 1 atom stereocenters. The lowest BCUT2D eigenvalue weighted by Crippen LogP contribution is -2.35. The molecule has 0 saturated carbocycles. The summed E-state index contributed by atoms with van der Waals surface area (Å²) in [5.41, 5.74) is -0.417. The minimum absolute atomic E-state index is 0.0856. The number of hydrogen-bond acceptors (Lipinski definition) is 6. The van der Waals surface area contributed by atoms with Crippen LogP contribution >= 0.6 is 0 Å². The lowest BCUT2D eigenvalue weighted by molar-refractivity contribution is -0.106. The van der Waals surface area contributed by atoms with Crippen molar-refractivity contribution in [2.24, 2.45) is 0 Å². The van der Waals surface area contributed by atoms with Crippen molar-refractivity contribution in [3.8, 4) is 0 Å². The molecular formula is C23H28O6. The van der Waals surface area contributed by atoms with Crippen molar-refractivity contribution in [1.29, 1.82) is 0 Å². The van der Waals surface area contributed by atoms with E-state index in [9.17, 15) is 19.8 Å². The molecule has 0 aliphatic heterocycles. The summed E-state index contributed by atoms with van der Waals surface area (Å²) in [6.07, 6.45) is -1.42. The predicted molar refractivity (Wildman–Crippen MR) is 108 cm³/mol. The normalized spacial score (nSPS) is 12.4. The van der Waals surface area contributed by atoms with Crippen LogP contribution in [0.25, 0.3) is 0 Å². The van der Waals surface area contributed by atoms with E-state index in [0.29, 0.717) is 24.0 Å². The molecule has 0 aliphatic carbocycles. The van der Waals surface area contributed by atoms with Crippen molar-refractivity contribution in [2.75, 3.05) is 0 Å². The molecule has 0 bridgehead atoms. The number of esters is 2. The molecule has 0 heterocycles. The molecule has 0 saturated heterocycles. The Bertz CT molecular complexity index is 717. The third-order valence-electron chi connectivity index (χ3n) is 4.89. The Balaban J connectivity index is 2.11. The fraction of sp³-hybridized carbons (Fsp3) is 0.391. The minimum atomic E-state index is -1.29. The van der Waals surface area contributed by atoms with Gasteiger partial charge < -0.3 is 19.7 Å². The number of benzene rings is 2. The number of carbonyl (C=O) groups is 2. The molecule has 0 aromatic heterocycles. The zero-order chi connectivity index (χ0) is 21.3. The highest BCUT2D eigenvalue weighted by molar-refractivity contribution is 5.90. The first-order valence-electron chi connectivity index (χ1n) is 9.79. The van der Waals surface area contributed by atoms with E-state index in [1.165, 1.54) is 0 Å². The van der Waals surface area contributed by atoms with Gasteiger partial charge in [-0.2, -0.15) is 0 Å². The lowest BCUT2D eigenvalue weighted by Gasteiger charge is -2.29. The van der Waals surface area contributed by atoms with E-state index < -0.39 is 29.9 Å². The Hall–Kier alpha value is -2.70. The maximum absolute atomic E-state index is 12.4. The highest BCUT2D eigenvalue weighted by Crippen LogP contribution is 2.24. The average molecular weight is 400 g/mol. The predicted octanol–water partition coefficient (Wildman–Crippen LogP) is 3.72. The van der Waals surface area contributed by atoms with Crippen LogP contribution < -0.4 is 0 Å². The van der Waals surface area contributed by atoms with E-state index in [2.05, 4.69) is 0 Å². The topological polar surface area (TPSA) is 93.1 Å². The third-order valence-corrected chi connectivity index (χ3v) is 4.89. The summed E-state index contributed by atoms with van der Waals surface area (Å²) < 4.78 is 10.7. The van der Waals surface area contributed by atoms with Crippen molar-refractivity contribution in [1.82, 2.24) is 0 Å². The quantitative estimate of drug-likeness (QED) is 0.466. The van der Waals surface area contributed by atoms with Crippen molar-refractivity contribution in [2.45, 2.75) is 57.5 Å². The van der Waals surface area contributed by atoms with Gasteiger partial charge in [-0.3, -0.25) is 0 Å². The molecule has 29 heavy (non-hydrogen) atoms. The van der Waals surface area contributed by atoms with Crippen LogP contribution in [0.1, 0.15) is 60.2 Å². The van der Waals surface area contributed by atoms with Gasteiger partial charge in [-0.15, -0.1) is 0 Å². The molecule has 156 valence electrons. The van der Waals surface area contributed by atoms with Gasteiger partial charge in [-0.05, 0) is 37.1 Å². The van der Waals surface area contributed by atoms with Gasteiger partial charge in [0.15, 0.2) is 0 Å². The van der Waals surface area contributed by atoms with Crippen molar-refractivity contribution in [3.05, 3.63) is 71.8 Å². The fourth-order valence-corrected chi connectivity index (χ4v) is 2.93. The second kappa shape index (κ2) is 10.7. The highest BCUT2D eigenvalue weighted by atomic mass is 16.7. The van der Waals surface area contributed by atoms with Crippen LogP contribution in [0.5, 0.6) is 0 Å². The number of rotatable bonds is 10. The molecule has 0 fully saturated rings. The summed E-state index contributed by atoms with van der Waals surface area (Å²) in [6.45, 7) is 3.66. The SMILES string of the molecule is CCC(O)(CC)CC(O)CC(OC(=O)c1ccccc1)OC(=O)c1ccccc1. The first-order chi connectivity index (χ1) is 13.9. The standard InChI is InChI=1S/C23H28O6/c1-3-23(27,4-2)16-19(24)15-20(28-21(25)17-11-7-5-8-12-17)29-22(26)18-13-9-6-10-14-18/h5-14,19-20,24,27H,3-4,15-16H2,1-2H3. The van der Waals surface area contributed by atoms with E-state index in [-0.39, 0.29) is 12.8 Å². The maximum atomic E-state index is 12.4. The molecule has 0 amide bonds. The molecular weight excluding hydrogens is 372 g/mol. The van der Waals surface area contributed by atoms with Gasteiger partial charge in [0.25, 0.3) is 6.29 Å².